The standard InChI is InChI=1S/C18H19NO4/c1-19-8-7-17-14-10-3-4-12(22-2)15(14)23-16(17)11(20)5-6-18(17,21)13(19)9-10/h3-6,13,16,21H,7-9H2,1-2H3/p+1/t13-,16?,17+,18-/m1/s1. The fourth-order valence-corrected chi connectivity index (χ4v) is 5.42. The lowest BCUT2D eigenvalue weighted by atomic mass is 9.51. The van der Waals surface area contributed by atoms with Crippen molar-refractivity contribution in [3.63, 3.8) is 0 Å². The van der Waals surface area contributed by atoms with Gasteiger partial charge in [0.15, 0.2) is 23.4 Å². The summed E-state index contributed by atoms with van der Waals surface area (Å²) < 4.78 is 11.6. The van der Waals surface area contributed by atoms with Crippen LogP contribution in [0.5, 0.6) is 11.5 Å². The Morgan fingerprint density at radius 3 is 3.04 bits per heavy atom. The summed E-state index contributed by atoms with van der Waals surface area (Å²) in [5, 5.41) is 11.7. The van der Waals surface area contributed by atoms with Gasteiger partial charge >= 0.3 is 0 Å². The maximum Gasteiger partial charge on any atom is 0.197 e. The molecule has 2 aliphatic heterocycles. The van der Waals surface area contributed by atoms with E-state index in [1.54, 1.807) is 13.2 Å². The summed E-state index contributed by atoms with van der Waals surface area (Å²) in [6.07, 6.45) is 4.13. The maximum atomic E-state index is 12.6. The number of likely N-dealkylation sites (N-methyl/N-ethyl adjacent to an activating group) is 1. The predicted octanol–water partition coefficient (Wildman–Crippen LogP) is -0.593. The van der Waals surface area contributed by atoms with E-state index in [-0.39, 0.29) is 11.8 Å². The van der Waals surface area contributed by atoms with Gasteiger partial charge in [-0.2, -0.15) is 0 Å². The molecule has 5 rings (SSSR count). The number of rotatable bonds is 1. The Hall–Kier alpha value is -1.85. The molecule has 5 nitrogen and oxygen atoms in total. The zero-order chi connectivity index (χ0) is 16.0. The Kier molecular flexibility index (Phi) is 2.34. The lowest BCUT2D eigenvalue weighted by Gasteiger charge is -2.57. The summed E-state index contributed by atoms with van der Waals surface area (Å²) in [5.41, 5.74) is 0.477. The van der Waals surface area contributed by atoms with Gasteiger partial charge in [-0.15, -0.1) is 0 Å². The van der Waals surface area contributed by atoms with E-state index >= 15 is 0 Å². The third kappa shape index (κ3) is 1.28. The van der Waals surface area contributed by atoms with E-state index in [2.05, 4.69) is 13.1 Å². The average molecular weight is 314 g/mol. The first-order chi connectivity index (χ1) is 11.0. The van der Waals surface area contributed by atoms with E-state index in [0.717, 1.165) is 24.9 Å². The van der Waals surface area contributed by atoms with Gasteiger partial charge in [0.2, 0.25) is 0 Å². The number of hydrogen-bond acceptors (Lipinski definition) is 4. The van der Waals surface area contributed by atoms with Gasteiger partial charge in [-0.05, 0) is 23.8 Å². The summed E-state index contributed by atoms with van der Waals surface area (Å²) in [6, 6.07) is 4.02. The van der Waals surface area contributed by atoms with Gasteiger partial charge in [0.05, 0.1) is 26.1 Å². The average Bonchev–Trinajstić information content (AvgIpc) is 2.90. The van der Waals surface area contributed by atoms with Gasteiger partial charge in [0.25, 0.3) is 0 Å². The molecule has 4 aliphatic rings. The van der Waals surface area contributed by atoms with E-state index in [1.165, 1.54) is 16.5 Å². The molecule has 0 amide bonds. The smallest absolute Gasteiger partial charge is 0.197 e. The lowest BCUT2D eigenvalue weighted by molar-refractivity contribution is -0.922. The second-order valence-corrected chi connectivity index (χ2v) is 7.26. The van der Waals surface area contributed by atoms with Crippen LogP contribution >= 0.6 is 0 Å². The summed E-state index contributed by atoms with van der Waals surface area (Å²) in [6.45, 7) is 0.921. The van der Waals surface area contributed by atoms with Gasteiger partial charge < -0.3 is 19.5 Å². The molecule has 5 heteroatoms. The molecule has 2 heterocycles. The van der Waals surface area contributed by atoms with Crippen molar-refractivity contribution in [2.24, 2.45) is 0 Å². The number of quaternary nitrogens is 1. The van der Waals surface area contributed by atoms with E-state index in [0.29, 0.717) is 11.5 Å². The van der Waals surface area contributed by atoms with Crippen LogP contribution in [0.25, 0.3) is 0 Å². The van der Waals surface area contributed by atoms with Crippen LogP contribution in [0.4, 0.5) is 0 Å². The minimum atomic E-state index is -1.04. The molecule has 0 aromatic heterocycles. The molecule has 120 valence electrons. The first-order valence-electron chi connectivity index (χ1n) is 8.17. The highest BCUT2D eigenvalue weighted by molar-refractivity contribution is 5.98. The third-order valence-corrected chi connectivity index (χ3v) is 6.50. The zero-order valence-corrected chi connectivity index (χ0v) is 13.3. The normalized spacial score (nSPS) is 42.2. The molecular formula is C18H20NO4+. The molecule has 1 spiro atoms. The second kappa shape index (κ2) is 3.97. The fourth-order valence-electron chi connectivity index (χ4n) is 5.42. The van der Waals surface area contributed by atoms with Gasteiger partial charge in [-0.3, -0.25) is 4.79 Å². The van der Waals surface area contributed by atoms with Crippen LogP contribution in [0.15, 0.2) is 24.3 Å². The van der Waals surface area contributed by atoms with Crippen molar-refractivity contribution in [3.8, 4) is 11.5 Å². The third-order valence-electron chi connectivity index (χ3n) is 6.50. The van der Waals surface area contributed by atoms with Crippen molar-refractivity contribution >= 4 is 5.78 Å². The summed E-state index contributed by atoms with van der Waals surface area (Å²) in [7, 11) is 3.73. The molecule has 0 saturated carbocycles. The van der Waals surface area contributed by atoms with Crippen LogP contribution in [0.1, 0.15) is 17.5 Å². The molecular weight excluding hydrogens is 294 g/mol. The van der Waals surface area contributed by atoms with E-state index < -0.39 is 17.1 Å². The Morgan fingerprint density at radius 1 is 1.43 bits per heavy atom. The molecule has 1 aromatic carbocycles. The van der Waals surface area contributed by atoms with Gasteiger partial charge in [-0.1, -0.05) is 6.07 Å². The van der Waals surface area contributed by atoms with Crippen LogP contribution in [-0.2, 0) is 16.6 Å². The minimum Gasteiger partial charge on any atom is -0.493 e. The van der Waals surface area contributed by atoms with Crippen LogP contribution in [0, 0.1) is 0 Å². The molecule has 1 saturated heterocycles. The molecule has 1 fully saturated rings. The van der Waals surface area contributed by atoms with Crippen molar-refractivity contribution < 1.29 is 24.3 Å². The number of ether oxygens (including phenoxy) is 2. The Morgan fingerprint density at radius 2 is 2.26 bits per heavy atom. The Bertz CT molecular complexity index is 773. The van der Waals surface area contributed by atoms with Crippen molar-refractivity contribution in [2.45, 2.75) is 36.0 Å². The van der Waals surface area contributed by atoms with E-state index in [1.807, 2.05) is 6.07 Å². The van der Waals surface area contributed by atoms with E-state index in [4.69, 9.17) is 9.47 Å². The first kappa shape index (κ1) is 13.6. The molecule has 2 bridgehead atoms. The SMILES string of the molecule is COc1ccc2c3c1OC1C(=O)C=C[C@@]4(O)[C@@H](C2)[NH+](C)CC[C@]314. The largest absolute Gasteiger partial charge is 0.493 e. The number of ketones is 1. The minimum absolute atomic E-state index is 0.0403. The summed E-state index contributed by atoms with van der Waals surface area (Å²) in [5.74, 6) is 1.25. The maximum absolute atomic E-state index is 12.6. The van der Waals surface area contributed by atoms with Crippen LogP contribution in [0.2, 0.25) is 0 Å². The number of aliphatic hydroxyl groups is 1. The fraction of sp³-hybridized carbons (Fsp3) is 0.500. The number of methoxy groups -OCH3 is 1. The van der Waals surface area contributed by atoms with Crippen molar-refractivity contribution in [3.05, 3.63) is 35.4 Å². The summed E-state index contributed by atoms with van der Waals surface area (Å²) in [4.78, 5) is 13.9. The van der Waals surface area contributed by atoms with Crippen molar-refractivity contribution in [1.82, 2.24) is 0 Å². The topological polar surface area (TPSA) is 60.2 Å². The number of piperidine rings is 1. The van der Waals surface area contributed by atoms with Gasteiger partial charge in [0, 0.05) is 18.4 Å². The number of likely N-dealkylation sites (tertiary alicyclic amines) is 1. The number of nitrogens with one attached hydrogen (secondary N) is 1. The van der Waals surface area contributed by atoms with Crippen LogP contribution < -0.4 is 14.4 Å². The molecule has 2 unspecified atom stereocenters. The van der Waals surface area contributed by atoms with Gasteiger partial charge in [0.1, 0.15) is 11.6 Å². The number of benzene rings is 1. The number of carbonyl (C=O) groups excluding carboxylic acids is 1. The molecule has 2 aliphatic carbocycles. The van der Waals surface area contributed by atoms with E-state index in [9.17, 15) is 9.90 Å². The monoisotopic (exact) mass is 314 g/mol. The van der Waals surface area contributed by atoms with Crippen LogP contribution in [-0.4, -0.2) is 49.3 Å². The second-order valence-electron chi connectivity index (χ2n) is 7.26. The van der Waals surface area contributed by atoms with Gasteiger partial charge in [-0.25, -0.2) is 0 Å². The molecule has 23 heavy (non-hydrogen) atoms. The Labute approximate surface area is 134 Å². The molecule has 1 aromatic rings. The number of hydrogen-bond donors (Lipinski definition) is 2. The predicted molar refractivity (Wildman–Crippen MR) is 82.0 cm³/mol. The van der Waals surface area contributed by atoms with Crippen LogP contribution in [0.3, 0.4) is 0 Å². The highest BCUT2D eigenvalue weighted by Gasteiger charge is 2.73. The lowest BCUT2D eigenvalue weighted by Crippen LogP contribution is -3.19. The zero-order valence-electron chi connectivity index (χ0n) is 13.3. The van der Waals surface area contributed by atoms with Crippen molar-refractivity contribution in [1.29, 1.82) is 0 Å². The highest BCUT2D eigenvalue weighted by Crippen LogP contribution is 2.61. The molecule has 2 N–H and O–H groups in total. The number of carbonyl (C=O) groups is 1. The quantitative estimate of drug-likeness (QED) is 0.727. The molecule has 5 atom stereocenters. The summed E-state index contributed by atoms with van der Waals surface area (Å²) >= 11 is 0. The Balaban J connectivity index is 1.89. The molecule has 0 radical (unpaired) electrons. The first-order valence-corrected chi connectivity index (χ1v) is 8.17. The highest BCUT2D eigenvalue weighted by atomic mass is 16.5. The van der Waals surface area contributed by atoms with Crippen molar-refractivity contribution in [2.75, 3.05) is 20.7 Å².